The maximum atomic E-state index is 13.8. The molecule has 6 N–H and O–H groups in total. The molecule has 1 aromatic carbocycles. The Bertz CT molecular complexity index is 1330. The largest absolute Gasteiger partial charge is 0.508 e. The minimum Gasteiger partial charge on any atom is -0.508 e. The fraction of sp³-hybridized carbons (Fsp3) is 0.500. The number of hydrogen-bond donors (Lipinski definition) is 5. The van der Waals surface area contributed by atoms with E-state index < -0.39 is 63.5 Å². The van der Waals surface area contributed by atoms with E-state index in [-0.39, 0.29) is 41.9 Å². The molecule has 3 aliphatic rings. The fourth-order valence-corrected chi connectivity index (χ4v) is 6.17. The Morgan fingerprint density at radius 2 is 1.76 bits per heavy atom. The summed E-state index contributed by atoms with van der Waals surface area (Å²) in [5.41, 5.74) is 2.44. The summed E-state index contributed by atoms with van der Waals surface area (Å²) in [6.07, 6.45) is 0.819. The number of aliphatic hydroxyl groups is 3. The van der Waals surface area contributed by atoms with Crippen molar-refractivity contribution in [3.8, 4) is 5.75 Å². The number of Topliss-reactive ketones (excluding diaryl/α,β-unsaturated/α-hetero) is 3. The second-order valence-corrected chi connectivity index (χ2v) is 11.7. The lowest BCUT2D eigenvalue weighted by Gasteiger charge is -2.50. The number of likely N-dealkylation sites (N-methyl/N-ethyl adjacent to an activating group) is 1. The van der Waals surface area contributed by atoms with Crippen LogP contribution in [0.15, 0.2) is 29.0 Å². The Kier molecular flexibility index (Phi) is 6.56. The van der Waals surface area contributed by atoms with Crippen LogP contribution >= 0.6 is 0 Å². The number of fused-ring (bicyclic) bond motifs is 3. The van der Waals surface area contributed by atoms with E-state index in [4.69, 9.17) is 5.73 Å². The van der Waals surface area contributed by atoms with Crippen molar-refractivity contribution in [3.05, 3.63) is 45.7 Å². The predicted octanol–water partition coefficient (Wildman–Crippen LogP) is 1.51. The molecule has 1 amide bonds. The van der Waals surface area contributed by atoms with Crippen LogP contribution < -0.4 is 5.73 Å². The first-order valence-corrected chi connectivity index (χ1v) is 12.5. The van der Waals surface area contributed by atoms with Gasteiger partial charge in [0.1, 0.15) is 28.6 Å². The molecule has 3 aliphatic carbocycles. The average Bonchev–Trinajstić information content (AvgIpc) is 2.79. The number of hydrogen-bond acceptors (Lipinski definition) is 9. The highest BCUT2D eigenvalue weighted by Gasteiger charge is 2.64. The number of phenols is 1. The molecule has 0 heterocycles. The molecule has 10 heteroatoms. The highest BCUT2D eigenvalue weighted by Crippen LogP contribution is 2.53. The molecule has 1 saturated carbocycles. The number of ketones is 3. The lowest BCUT2D eigenvalue weighted by molar-refractivity contribution is -0.153. The topological polar surface area (TPSA) is 178 Å². The number of rotatable bonds is 5. The summed E-state index contributed by atoms with van der Waals surface area (Å²) >= 11 is 0. The van der Waals surface area contributed by atoms with Gasteiger partial charge in [-0.25, -0.2) is 0 Å². The van der Waals surface area contributed by atoms with E-state index in [2.05, 4.69) is 0 Å². The number of aliphatic hydroxyl groups excluding tert-OH is 2. The molecule has 10 nitrogen and oxygen atoms in total. The zero-order chi connectivity index (χ0) is 28.5. The third kappa shape index (κ3) is 3.94. The normalized spacial score (nSPS) is 27.3. The summed E-state index contributed by atoms with van der Waals surface area (Å²) in [4.78, 5) is 53.1. The molecule has 38 heavy (non-hydrogen) atoms. The molecule has 1 aromatic rings. The Morgan fingerprint density at radius 3 is 2.32 bits per heavy atom. The van der Waals surface area contributed by atoms with Crippen LogP contribution in [0.5, 0.6) is 5.75 Å². The molecule has 0 saturated heterocycles. The van der Waals surface area contributed by atoms with Gasteiger partial charge in [0, 0.05) is 23.3 Å². The van der Waals surface area contributed by atoms with Crippen molar-refractivity contribution in [2.24, 2.45) is 23.0 Å². The number of amides is 1. The molecule has 0 aromatic heterocycles. The van der Waals surface area contributed by atoms with Crippen molar-refractivity contribution >= 4 is 29.0 Å². The maximum absolute atomic E-state index is 13.8. The monoisotopic (exact) mass is 526 g/mol. The van der Waals surface area contributed by atoms with E-state index in [9.17, 15) is 39.6 Å². The smallest absolute Gasteiger partial charge is 0.255 e. The van der Waals surface area contributed by atoms with Crippen LogP contribution in [0.2, 0.25) is 0 Å². The van der Waals surface area contributed by atoms with Crippen LogP contribution in [-0.4, -0.2) is 74.3 Å². The Morgan fingerprint density at radius 1 is 1.13 bits per heavy atom. The minimum atomic E-state index is -2.67. The van der Waals surface area contributed by atoms with Gasteiger partial charge in [0.15, 0.2) is 11.4 Å². The zero-order valence-corrected chi connectivity index (χ0v) is 22.2. The van der Waals surface area contributed by atoms with Crippen LogP contribution in [0.25, 0.3) is 5.76 Å². The van der Waals surface area contributed by atoms with Gasteiger partial charge in [0.05, 0.1) is 11.6 Å². The number of primary amides is 1. The summed E-state index contributed by atoms with van der Waals surface area (Å²) in [6, 6.07) is 1.92. The molecule has 4 unspecified atom stereocenters. The SMILES string of the molecule is CN(C)C1C(=O)C(C(N)=O)=C(O)C2(O)C(=O)C3=C(O)c4c(O)ccc(CCC(=O)C(C)(C)C)c4CC3CC12. The maximum Gasteiger partial charge on any atom is 0.255 e. The van der Waals surface area contributed by atoms with Gasteiger partial charge in [-0.1, -0.05) is 26.8 Å². The number of aryl methyl sites for hydroxylation is 1. The first-order chi connectivity index (χ1) is 17.5. The summed E-state index contributed by atoms with van der Waals surface area (Å²) < 4.78 is 0. The van der Waals surface area contributed by atoms with Gasteiger partial charge in [-0.2, -0.15) is 0 Å². The van der Waals surface area contributed by atoms with E-state index in [1.807, 2.05) is 20.8 Å². The second-order valence-electron chi connectivity index (χ2n) is 11.7. The summed E-state index contributed by atoms with van der Waals surface area (Å²) in [5.74, 6) is -6.80. The third-order valence-corrected chi connectivity index (χ3v) is 8.16. The van der Waals surface area contributed by atoms with Gasteiger partial charge in [0.25, 0.3) is 5.91 Å². The average molecular weight is 527 g/mol. The fourth-order valence-electron chi connectivity index (χ4n) is 6.17. The Labute approximate surface area is 220 Å². The predicted molar refractivity (Wildman–Crippen MR) is 137 cm³/mol. The Hall–Kier alpha value is -3.50. The second kappa shape index (κ2) is 9.06. The lowest BCUT2D eigenvalue weighted by Crippen LogP contribution is -2.65. The van der Waals surface area contributed by atoms with Gasteiger partial charge in [0.2, 0.25) is 5.78 Å². The number of phenolic OH excluding ortho intramolecular Hbond substituents is 1. The van der Waals surface area contributed by atoms with Gasteiger partial charge in [-0.15, -0.1) is 0 Å². The molecule has 0 spiro atoms. The number of aromatic hydroxyl groups is 1. The molecular weight excluding hydrogens is 492 g/mol. The lowest BCUT2D eigenvalue weighted by atomic mass is 9.57. The highest BCUT2D eigenvalue weighted by molar-refractivity contribution is 6.24. The van der Waals surface area contributed by atoms with Crippen LogP contribution in [0, 0.1) is 17.3 Å². The van der Waals surface area contributed by atoms with E-state index >= 15 is 0 Å². The van der Waals surface area contributed by atoms with E-state index in [1.165, 1.54) is 11.0 Å². The molecule has 4 atom stereocenters. The van der Waals surface area contributed by atoms with Crippen molar-refractivity contribution < 1.29 is 39.6 Å². The van der Waals surface area contributed by atoms with Crippen LogP contribution in [0.1, 0.15) is 50.3 Å². The van der Waals surface area contributed by atoms with Crippen LogP contribution in [0.4, 0.5) is 0 Å². The van der Waals surface area contributed by atoms with Gasteiger partial charge in [-0.3, -0.25) is 24.1 Å². The van der Waals surface area contributed by atoms with Gasteiger partial charge < -0.3 is 26.2 Å². The van der Waals surface area contributed by atoms with Crippen LogP contribution in [0.3, 0.4) is 0 Å². The first-order valence-electron chi connectivity index (χ1n) is 12.5. The first kappa shape index (κ1) is 27.5. The molecule has 204 valence electrons. The summed E-state index contributed by atoms with van der Waals surface area (Å²) in [6.45, 7) is 5.49. The third-order valence-electron chi connectivity index (χ3n) is 8.16. The van der Waals surface area contributed by atoms with Crippen LogP contribution in [-0.2, 0) is 32.0 Å². The zero-order valence-electron chi connectivity index (χ0n) is 22.2. The molecule has 0 aliphatic heterocycles. The quantitative estimate of drug-likeness (QED) is 0.356. The Balaban J connectivity index is 1.87. The van der Waals surface area contributed by atoms with Crippen molar-refractivity contribution in [2.75, 3.05) is 14.1 Å². The minimum absolute atomic E-state index is 0.0157. The van der Waals surface area contributed by atoms with Crippen molar-refractivity contribution in [2.45, 2.75) is 58.1 Å². The molecule has 0 radical (unpaired) electrons. The molecule has 4 rings (SSSR count). The number of nitrogens with zero attached hydrogens (tertiary/aromatic N) is 1. The number of nitrogens with two attached hydrogens (primary N) is 1. The molecule has 0 bridgehead atoms. The van der Waals surface area contributed by atoms with E-state index in [1.54, 1.807) is 20.2 Å². The number of benzene rings is 1. The molecule has 1 fully saturated rings. The summed E-state index contributed by atoms with van der Waals surface area (Å²) in [5, 5.41) is 44.4. The summed E-state index contributed by atoms with van der Waals surface area (Å²) in [7, 11) is 3.10. The van der Waals surface area contributed by atoms with E-state index in [0.29, 0.717) is 12.0 Å². The molecular formula is C28H34N2O8. The van der Waals surface area contributed by atoms with Gasteiger partial charge >= 0.3 is 0 Å². The van der Waals surface area contributed by atoms with Gasteiger partial charge in [-0.05, 0) is 56.5 Å². The number of carbonyl (C=O) groups excluding carboxylic acids is 4. The highest BCUT2D eigenvalue weighted by atomic mass is 16.3. The van der Waals surface area contributed by atoms with E-state index in [0.717, 1.165) is 5.56 Å². The van der Waals surface area contributed by atoms with Crippen molar-refractivity contribution in [1.29, 1.82) is 0 Å². The van der Waals surface area contributed by atoms with Crippen molar-refractivity contribution in [3.63, 3.8) is 0 Å². The standard InChI is InChI=1S/C28H34N2O8/c1-27(2,3)17(32)9-7-12-6-8-16(31)19-14(12)10-13-11-15-21(30(4)5)23(34)20(26(29)37)25(36)28(15,38)24(35)18(13)22(19)33/h6,8,13,15,21,31,33,36,38H,7,9-11H2,1-5H3,(H2,29,37). The van der Waals surface area contributed by atoms with Crippen molar-refractivity contribution in [1.82, 2.24) is 4.90 Å². The number of carbonyl (C=O) groups is 4.